The van der Waals surface area contributed by atoms with Gasteiger partial charge in [0.25, 0.3) is 15.9 Å². The number of rotatable bonds is 8. The van der Waals surface area contributed by atoms with Gasteiger partial charge in [-0.1, -0.05) is 39.0 Å². The van der Waals surface area contributed by atoms with Gasteiger partial charge in [0.15, 0.2) is 0 Å². The smallest absolute Gasteiger partial charge is 0.262 e. The Kier molecular flexibility index (Phi) is 8.15. The summed E-state index contributed by atoms with van der Waals surface area (Å²) >= 11 is 0. The number of aryl methyl sites for hydroxylation is 1. The predicted octanol–water partition coefficient (Wildman–Crippen LogP) is 3.55. The maximum Gasteiger partial charge on any atom is 0.262 e. The van der Waals surface area contributed by atoms with Crippen LogP contribution in [0.3, 0.4) is 0 Å². The zero-order valence-corrected chi connectivity index (χ0v) is 20.8. The summed E-state index contributed by atoms with van der Waals surface area (Å²) in [5, 5.41) is 2.92. The van der Waals surface area contributed by atoms with Crippen LogP contribution in [0.1, 0.15) is 48.7 Å². The van der Waals surface area contributed by atoms with Crippen molar-refractivity contribution in [3.63, 3.8) is 0 Å². The summed E-state index contributed by atoms with van der Waals surface area (Å²) in [6.07, 6.45) is 0.849. The molecule has 2 aromatic carbocycles. The maximum absolute atomic E-state index is 13.1. The van der Waals surface area contributed by atoms with Crippen molar-refractivity contribution in [2.24, 2.45) is 0 Å². The van der Waals surface area contributed by atoms with Gasteiger partial charge in [-0.15, -0.1) is 0 Å². The molecule has 0 saturated carbocycles. The lowest BCUT2D eigenvalue weighted by atomic mass is 9.87. The Labute approximate surface area is 197 Å². The van der Waals surface area contributed by atoms with E-state index in [0.29, 0.717) is 23.4 Å². The first-order valence-electron chi connectivity index (χ1n) is 11.4. The molecule has 7 nitrogen and oxygen atoms in total. The molecule has 1 aliphatic heterocycles. The molecule has 0 bridgehead atoms. The van der Waals surface area contributed by atoms with E-state index < -0.39 is 10.0 Å². The largest absolute Gasteiger partial charge is 0.379 e. The third kappa shape index (κ3) is 7.03. The summed E-state index contributed by atoms with van der Waals surface area (Å²) in [5.41, 5.74) is 2.22. The van der Waals surface area contributed by atoms with Crippen LogP contribution in [-0.2, 0) is 20.2 Å². The number of hydrogen-bond acceptors (Lipinski definition) is 5. The van der Waals surface area contributed by atoms with Crippen molar-refractivity contribution in [2.75, 3.05) is 44.1 Å². The van der Waals surface area contributed by atoms with Crippen molar-refractivity contribution in [2.45, 2.75) is 44.4 Å². The van der Waals surface area contributed by atoms with Gasteiger partial charge in [0.2, 0.25) is 0 Å². The van der Waals surface area contributed by atoms with Gasteiger partial charge in [0, 0.05) is 30.9 Å². The zero-order chi connectivity index (χ0) is 24.1. The number of anilines is 1. The van der Waals surface area contributed by atoms with Crippen LogP contribution in [-0.4, -0.2) is 58.6 Å². The number of hydrogen-bond donors (Lipinski definition) is 2. The molecule has 0 aliphatic carbocycles. The van der Waals surface area contributed by atoms with E-state index in [9.17, 15) is 13.2 Å². The maximum atomic E-state index is 13.1. The fourth-order valence-corrected chi connectivity index (χ4v) is 5.04. The highest BCUT2D eigenvalue weighted by molar-refractivity contribution is 7.92. The normalized spacial score (nSPS) is 15.3. The molecule has 2 N–H and O–H groups in total. The SMILES string of the molecule is Cc1ccc(C(C)(C)C)cc1S(=O)(=O)Nc1cccc(C(=O)NCCCN2CCOCC2)c1. The first kappa shape index (κ1) is 25.2. The standard InChI is InChI=1S/C25H35N3O4S/c1-19-9-10-21(25(2,3)4)18-23(19)33(30,31)27-22-8-5-7-20(17-22)24(29)26-11-6-12-28-13-15-32-16-14-28/h5,7-10,17-18,27H,6,11-16H2,1-4H3,(H,26,29). The molecule has 8 heteroatoms. The van der Waals surface area contributed by atoms with Crippen molar-refractivity contribution in [1.29, 1.82) is 0 Å². The minimum Gasteiger partial charge on any atom is -0.379 e. The summed E-state index contributed by atoms with van der Waals surface area (Å²) in [7, 11) is -3.80. The fraction of sp³-hybridized carbons (Fsp3) is 0.480. The number of amides is 1. The molecule has 0 unspecified atom stereocenters. The first-order valence-corrected chi connectivity index (χ1v) is 12.9. The van der Waals surface area contributed by atoms with Crippen LogP contribution >= 0.6 is 0 Å². The Hall–Kier alpha value is -2.42. The second-order valence-electron chi connectivity index (χ2n) is 9.48. The number of nitrogens with one attached hydrogen (secondary N) is 2. The monoisotopic (exact) mass is 473 g/mol. The Bertz CT molecular complexity index is 1070. The quantitative estimate of drug-likeness (QED) is 0.573. The minimum atomic E-state index is -3.80. The lowest BCUT2D eigenvalue weighted by Crippen LogP contribution is -2.38. The molecule has 0 radical (unpaired) electrons. The lowest BCUT2D eigenvalue weighted by Gasteiger charge is -2.26. The fourth-order valence-electron chi connectivity index (χ4n) is 3.72. The predicted molar refractivity (Wildman–Crippen MR) is 131 cm³/mol. The summed E-state index contributed by atoms with van der Waals surface area (Å²) in [6, 6.07) is 12.1. The molecular formula is C25H35N3O4S. The Balaban J connectivity index is 1.63. The van der Waals surface area contributed by atoms with Gasteiger partial charge in [0.1, 0.15) is 0 Å². The van der Waals surface area contributed by atoms with Crippen molar-refractivity contribution in [1.82, 2.24) is 10.2 Å². The number of nitrogens with zero attached hydrogens (tertiary/aromatic N) is 1. The van der Waals surface area contributed by atoms with Crippen molar-refractivity contribution in [3.05, 3.63) is 59.2 Å². The Morgan fingerprint density at radius 2 is 1.82 bits per heavy atom. The molecule has 1 amide bonds. The second kappa shape index (κ2) is 10.7. The molecule has 3 rings (SSSR count). The summed E-state index contributed by atoms with van der Waals surface area (Å²) in [6.45, 7) is 12.8. The van der Waals surface area contributed by atoms with Gasteiger partial charge < -0.3 is 10.1 Å². The van der Waals surface area contributed by atoms with E-state index in [1.807, 2.05) is 32.9 Å². The van der Waals surface area contributed by atoms with Gasteiger partial charge in [-0.25, -0.2) is 8.42 Å². The topological polar surface area (TPSA) is 87.7 Å². The zero-order valence-electron chi connectivity index (χ0n) is 20.0. The van der Waals surface area contributed by atoms with Crippen LogP contribution in [0, 0.1) is 6.92 Å². The average Bonchev–Trinajstić information content (AvgIpc) is 2.76. The Morgan fingerprint density at radius 3 is 2.52 bits per heavy atom. The van der Waals surface area contributed by atoms with Gasteiger partial charge in [-0.05, 0) is 60.7 Å². The molecule has 0 aromatic heterocycles. The van der Waals surface area contributed by atoms with E-state index in [2.05, 4.69) is 14.9 Å². The number of benzene rings is 2. The third-order valence-electron chi connectivity index (χ3n) is 5.76. The second-order valence-corrected chi connectivity index (χ2v) is 11.1. The van der Waals surface area contributed by atoms with Gasteiger partial charge >= 0.3 is 0 Å². The molecule has 1 aliphatic rings. The highest BCUT2D eigenvalue weighted by atomic mass is 32.2. The van der Waals surface area contributed by atoms with Crippen molar-refractivity contribution >= 4 is 21.6 Å². The molecule has 1 fully saturated rings. The van der Waals surface area contributed by atoms with Crippen LogP contribution in [0.15, 0.2) is 47.4 Å². The lowest BCUT2D eigenvalue weighted by molar-refractivity contribution is 0.0374. The van der Waals surface area contributed by atoms with E-state index >= 15 is 0 Å². The van der Waals surface area contributed by atoms with Gasteiger partial charge in [-0.2, -0.15) is 0 Å². The van der Waals surface area contributed by atoms with E-state index in [4.69, 9.17) is 4.74 Å². The molecule has 0 atom stereocenters. The molecule has 1 saturated heterocycles. The van der Waals surface area contributed by atoms with Crippen LogP contribution < -0.4 is 10.0 Å². The summed E-state index contributed by atoms with van der Waals surface area (Å²) in [5.74, 6) is -0.219. The molecule has 0 spiro atoms. The first-order chi connectivity index (χ1) is 15.6. The van der Waals surface area contributed by atoms with Crippen LogP contribution in [0.2, 0.25) is 0 Å². The number of sulfonamides is 1. The third-order valence-corrected chi connectivity index (χ3v) is 7.28. The summed E-state index contributed by atoms with van der Waals surface area (Å²) in [4.78, 5) is 15.1. The van der Waals surface area contributed by atoms with Gasteiger partial charge in [-0.3, -0.25) is 14.4 Å². The average molecular weight is 474 g/mol. The number of morpholine rings is 1. The van der Waals surface area contributed by atoms with Crippen LogP contribution in [0.4, 0.5) is 5.69 Å². The molecule has 1 heterocycles. The molecule has 180 valence electrons. The molecule has 33 heavy (non-hydrogen) atoms. The van der Waals surface area contributed by atoms with Crippen LogP contribution in [0.5, 0.6) is 0 Å². The number of carbonyl (C=O) groups excluding carboxylic acids is 1. The summed E-state index contributed by atoms with van der Waals surface area (Å²) < 4.78 is 34.2. The van der Waals surface area contributed by atoms with E-state index in [-0.39, 0.29) is 16.2 Å². The molecular weight excluding hydrogens is 438 g/mol. The number of ether oxygens (including phenoxy) is 1. The minimum absolute atomic E-state index is 0.169. The molecule has 2 aromatic rings. The van der Waals surface area contributed by atoms with Crippen LogP contribution in [0.25, 0.3) is 0 Å². The number of carbonyl (C=O) groups is 1. The van der Waals surface area contributed by atoms with Crippen molar-refractivity contribution < 1.29 is 17.9 Å². The Morgan fingerprint density at radius 1 is 1.09 bits per heavy atom. The van der Waals surface area contributed by atoms with E-state index in [1.165, 1.54) is 0 Å². The van der Waals surface area contributed by atoms with Crippen molar-refractivity contribution in [3.8, 4) is 0 Å². The van der Waals surface area contributed by atoms with E-state index in [0.717, 1.165) is 44.8 Å². The highest BCUT2D eigenvalue weighted by Gasteiger charge is 2.22. The van der Waals surface area contributed by atoms with E-state index in [1.54, 1.807) is 37.3 Å². The van der Waals surface area contributed by atoms with Gasteiger partial charge in [0.05, 0.1) is 18.1 Å². The highest BCUT2D eigenvalue weighted by Crippen LogP contribution is 2.28.